The molecular weight excluding hydrogens is 680 g/mol. The molecule has 4 aromatic rings. The van der Waals surface area contributed by atoms with Gasteiger partial charge in [0, 0.05) is 12.8 Å². The number of carbonyl (C=O) groups excluding carboxylic acids is 2. The van der Waals surface area contributed by atoms with E-state index < -0.39 is 55.1 Å². The van der Waals surface area contributed by atoms with E-state index in [1.165, 1.54) is 25.0 Å². The van der Waals surface area contributed by atoms with Gasteiger partial charge in [0.2, 0.25) is 11.8 Å². The number of nitrogens with one attached hydrogen (secondary N) is 4. The maximum Gasteiger partial charge on any atom is 0.271 e. The molecule has 1 aliphatic carbocycles. The van der Waals surface area contributed by atoms with E-state index in [1.807, 2.05) is 26.0 Å². The van der Waals surface area contributed by atoms with Crippen LogP contribution in [0.5, 0.6) is 0 Å². The Morgan fingerprint density at radius 3 is 2.23 bits per heavy atom. The Balaban J connectivity index is 1.09. The van der Waals surface area contributed by atoms with Gasteiger partial charge in [-0.15, -0.1) is 0 Å². The molecule has 6 rings (SSSR count). The first-order valence-electron chi connectivity index (χ1n) is 17.6. The number of aryl methyl sites for hydroxylation is 2. The average molecular weight is 725 g/mol. The number of imidazole rings is 2. The molecule has 0 bridgehead atoms. The van der Waals surface area contributed by atoms with Crippen molar-refractivity contribution in [1.82, 2.24) is 30.6 Å². The van der Waals surface area contributed by atoms with Crippen LogP contribution < -0.4 is 10.6 Å². The lowest BCUT2D eigenvalue weighted by molar-refractivity contribution is -0.162. The third kappa shape index (κ3) is 8.55. The third-order valence-electron chi connectivity index (χ3n) is 9.69. The van der Waals surface area contributed by atoms with E-state index in [0.717, 1.165) is 46.5 Å². The first kappa shape index (κ1) is 37.2. The van der Waals surface area contributed by atoms with Gasteiger partial charge in [0.1, 0.15) is 37.1 Å². The van der Waals surface area contributed by atoms with Crippen LogP contribution in [0.15, 0.2) is 48.8 Å². The highest BCUT2D eigenvalue weighted by Crippen LogP contribution is 2.38. The van der Waals surface area contributed by atoms with Crippen molar-refractivity contribution >= 4 is 11.8 Å². The van der Waals surface area contributed by atoms with Gasteiger partial charge >= 0.3 is 0 Å². The molecule has 14 heteroatoms. The number of amides is 2. The molecule has 0 radical (unpaired) electrons. The van der Waals surface area contributed by atoms with Crippen molar-refractivity contribution in [2.45, 2.75) is 96.4 Å². The highest BCUT2D eigenvalue weighted by Gasteiger charge is 2.38. The number of hydrogen-bond acceptors (Lipinski definition) is 6. The fraction of sp³-hybridized carbons (Fsp3) is 0.474. The van der Waals surface area contributed by atoms with Crippen LogP contribution in [0.25, 0.3) is 33.6 Å². The van der Waals surface area contributed by atoms with Crippen molar-refractivity contribution < 1.29 is 36.6 Å². The number of H-pyrrole nitrogens is 2. The number of carbonyl (C=O) groups is 2. The standard InChI is InChI=1S/C38H44F4N6O4/c1-5-37(39,40)19-51-22(4)35(49)48-33(21(2)3)34-44-17-30(47-34)26-9-11-28-24(15-26)7-6-23-14-25(8-10-27(23)28)29-16-43-32(46-29)18-45-36(50)31-12-13-38(41,42)20-52-31/h8-11,14-17,21-22,31,33H,5-7,12-13,18-20H2,1-4H3,(H,43,46)(H,44,47)(H,45,50)(H,48,49)/t22?,31-,33?/m1/s1. The van der Waals surface area contributed by atoms with Crippen molar-refractivity contribution in [1.29, 1.82) is 0 Å². The zero-order valence-corrected chi connectivity index (χ0v) is 29.6. The molecular formula is C38H44F4N6O4. The molecule has 2 amide bonds. The first-order valence-corrected chi connectivity index (χ1v) is 17.6. The van der Waals surface area contributed by atoms with Crippen molar-refractivity contribution in [2.24, 2.45) is 5.92 Å². The average Bonchev–Trinajstić information content (AvgIpc) is 3.82. The van der Waals surface area contributed by atoms with Gasteiger partial charge in [-0.1, -0.05) is 45.0 Å². The molecule has 2 aliphatic rings. The van der Waals surface area contributed by atoms with Gasteiger partial charge in [-0.3, -0.25) is 9.59 Å². The zero-order valence-electron chi connectivity index (χ0n) is 29.6. The van der Waals surface area contributed by atoms with Crippen molar-refractivity contribution in [3.63, 3.8) is 0 Å². The topological polar surface area (TPSA) is 134 Å². The van der Waals surface area contributed by atoms with E-state index in [4.69, 9.17) is 9.47 Å². The number of benzene rings is 2. The number of hydrogen-bond donors (Lipinski definition) is 4. The minimum Gasteiger partial charge on any atom is -0.362 e. The van der Waals surface area contributed by atoms with Crippen LogP contribution >= 0.6 is 0 Å². The van der Waals surface area contributed by atoms with Crippen LogP contribution in [0.4, 0.5) is 17.6 Å². The summed E-state index contributed by atoms with van der Waals surface area (Å²) in [5, 5.41) is 5.62. The lowest BCUT2D eigenvalue weighted by Gasteiger charge is -2.27. The highest BCUT2D eigenvalue weighted by molar-refractivity contribution is 5.82. The van der Waals surface area contributed by atoms with Gasteiger partial charge < -0.3 is 30.1 Å². The Hall–Kier alpha value is -4.56. The molecule has 1 saturated heterocycles. The molecule has 52 heavy (non-hydrogen) atoms. The van der Waals surface area contributed by atoms with E-state index in [-0.39, 0.29) is 31.7 Å². The van der Waals surface area contributed by atoms with Gasteiger partial charge in [0.05, 0.1) is 36.4 Å². The minimum atomic E-state index is -2.99. The van der Waals surface area contributed by atoms with Crippen molar-refractivity contribution in [2.75, 3.05) is 13.2 Å². The number of aromatic amines is 2. The maximum absolute atomic E-state index is 13.7. The molecule has 278 valence electrons. The zero-order chi connectivity index (χ0) is 37.2. The molecule has 0 saturated carbocycles. The smallest absolute Gasteiger partial charge is 0.271 e. The Morgan fingerprint density at radius 1 is 1.00 bits per heavy atom. The molecule has 1 fully saturated rings. The molecule has 10 nitrogen and oxygen atoms in total. The van der Waals surface area contributed by atoms with Crippen LogP contribution in [0, 0.1) is 5.92 Å². The lowest BCUT2D eigenvalue weighted by atomic mass is 9.83. The van der Waals surface area contributed by atoms with Gasteiger partial charge in [-0.25, -0.2) is 27.5 Å². The van der Waals surface area contributed by atoms with Crippen LogP contribution in [0.1, 0.15) is 75.8 Å². The van der Waals surface area contributed by atoms with E-state index in [1.54, 1.807) is 12.4 Å². The molecule has 3 heterocycles. The van der Waals surface area contributed by atoms with Gasteiger partial charge in [0.15, 0.2) is 0 Å². The quantitative estimate of drug-likeness (QED) is 0.111. The summed E-state index contributed by atoms with van der Waals surface area (Å²) in [7, 11) is 0. The highest BCUT2D eigenvalue weighted by atomic mass is 19.3. The maximum atomic E-state index is 13.7. The number of rotatable bonds is 13. The van der Waals surface area contributed by atoms with E-state index in [2.05, 4.69) is 54.8 Å². The monoisotopic (exact) mass is 724 g/mol. The molecule has 3 atom stereocenters. The molecule has 2 unspecified atom stereocenters. The second-order valence-electron chi connectivity index (χ2n) is 14.0. The summed E-state index contributed by atoms with van der Waals surface area (Å²) in [6.07, 6.45) is 2.39. The molecule has 1 aliphatic heterocycles. The summed E-state index contributed by atoms with van der Waals surface area (Å²) in [4.78, 5) is 40.8. The van der Waals surface area contributed by atoms with E-state index >= 15 is 0 Å². The largest absolute Gasteiger partial charge is 0.362 e. The van der Waals surface area contributed by atoms with Crippen molar-refractivity contribution in [3.8, 4) is 33.6 Å². The fourth-order valence-corrected chi connectivity index (χ4v) is 6.43. The Labute approximate surface area is 299 Å². The van der Waals surface area contributed by atoms with Crippen molar-refractivity contribution in [3.05, 3.63) is 71.6 Å². The third-order valence-corrected chi connectivity index (χ3v) is 9.69. The second-order valence-corrected chi connectivity index (χ2v) is 14.0. The minimum absolute atomic E-state index is 0.0306. The summed E-state index contributed by atoms with van der Waals surface area (Å²) in [6.45, 7) is 5.27. The number of ether oxygens (including phenoxy) is 2. The summed E-state index contributed by atoms with van der Waals surface area (Å²) < 4.78 is 64.2. The number of alkyl halides is 4. The molecule has 4 N–H and O–H groups in total. The normalized spacial score (nSPS) is 18.0. The molecule has 2 aromatic heterocycles. The fourth-order valence-electron chi connectivity index (χ4n) is 6.43. The van der Waals surface area contributed by atoms with Crippen LogP contribution in [0.2, 0.25) is 0 Å². The summed E-state index contributed by atoms with van der Waals surface area (Å²) in [6, 6.07) is 12.1. The summed E-state index contributed by atoms with van der Waals surface area (Å²) in [5.74, 6) is -5.72. The van der Waals surface area contributed by atoms with E-state index in [9.17, 15) is 27.2 Å². The predicted molar refractivity (Wildman–Crippen MR) is 187 cm³/mol. The van der Waals surface area contributed by atoms with Crippen LogP contribution in [-0.2, 0) is 38.4 Å². The van der Waals surface area contributed by atoms with Gasteiger partial charge in [-0.2, -0.15) is 0 Å². The number of nitrogens with zero attached hydrogens (tertiary/aromatic N) is 2. The van der Waals surface area contributed by atoms with Crippen LogP contribution in [-0.4, -0.2) is 69.0 Å². The molecule has 0 spiro atoms. The van der Waals surface area contributed by atoms with E-state index in [0.29, 0.717) is 11.6 Å². The second kappa shape index (κ2) is 15.2. The SMILES string of the molecule is CCC(F)(F)COC(C)C(=O)NC(c1ncc(-c2ccc3c(c2)CCc2cc(-c4cnc(CNC(=O)[C@H]5CCC(F)(F)CO5)[nH]4)ccc2-3)[nH]1)C(C)C. The number of aromatic nitrogens is 4. The van der Waals surface area contributed by atoms with Gasteiger partial charge in [0.25, 0.3) is 11.8 Å². The Morgan fingerprint density at radius 2 is 1.63 bits per heavy atom. The van der Waals surface area contributed by atoms with Crippen LogP contribution in [0.3, 0.4) is 0 Å². The Kier molecular flexibility index (Phi) is 10.9. The Bertz CT molecular complexity index is 1900. The lowest BCUT2D eigenvalue weighted by Crippen LogP contribution is -2.43. The first-order chi connectivity index (χ1) is 24.7. The van der Waals surface area contributed by atoms with Gasteiger partial charge in [-0.05, 0) is 77.6 Å². The molecule has 2 aromatic carbocycles. The summed E-state index contributed by atoms with van der Waals surface area (Å²) in [5.41, 5.74) is 8.18. The summed E-state index contributed by atoms with van der Waals surface area (Å²) >= 11 is 0. The predicted octanol–water partition coefficient (Wildman–Crippen LogP) is 6.93. The number of fused-ring (bicyclic) bond motifs is 3. The number of halogens is 4.